The summed E-state index contributed by atoms with van der Waals surface area (Å²) in [6, 6.07) is 16.0. The number of nitrogens with zero attached hydrogens (tertiary/aromatic N) is 2. The number of aromatic nitrogens is 1. The minimum Gasteiger partial charge on any atom is -0.493 e. The SMILES string of the molecule is COc1ccc(CN(C(=O)C2CCCC2)C(C)c2ccccc2)cc1OCc1nc(CO)cs1. The molecular weight excluding hydrogens is 448 g/mol. The van der Waals surface area contributed by atoms with Crippen molar-refractivity contribution in [3.63, 3.8) is 0 Å². The van der Waals surface area contributed by atoms with Crippen molar-refractivity contribution < 1.29 is 19.4 Å². The van der Waals surface area contributed by atoms with Gasteiger partial charge in [-0.1, -0.05) is 49.2 Å². The van der Waals surface area contributed by atoms with Gasteiger partial charge in [0.05, 0.1) is 25.5 Å². The Morgan fingerprint density at radius 2 is 1.94 bits per heavy atom. The predicted octanol–water partition coefficient (Wildman–Crippen LogP) is 5.50. The van der Waals surface area contributed by atoms with Crippen LogP contribution in [0.3, 0.4) is 0 Å². The third-order valence-electron chi connectivity index (χ3n) is 6.43. The third kappa shape index (κ3) is 5.77. The molecule has 1 atom stereocenters. The molecule has 0 radical (unpaired) electrons. The van der Waals surface area contributed by atoms with Crippen molar-refractivity contribution in [2.75, 3.05) is 7.11 Å². The summed E-state index contributed by atoms with van der Waals surface area (Å²) < 4.78 is 11.5. The molecule has 1 saturated carbocycles. The molecular formula is C27H32N2O4S. The molecule has 6 nitrogen and oxygen atoms in total. The van der Waals surface area contributed by atoms with Crippen molar-refractivity contribution in [1.82, 2.24) is 9.88 Å². The number of rotatable bonds is 10. The summed E-state index contributed by atoms with van der Waals surface area (Å²) in [6.45, 7) is 2.80. The van der Waals surface area contributed by atoms with E-state index in [0.717, 1.165) is 41.8 Å². The Balaban J connectivity index is 1.55. The van der Waals surface area contributed by atoms with Gasteiger partial charge in [-0.2, -0.15) is 0 Å². The lowest BCUT2D eigenvalue weighted by Gasteiger charge is -2.32. The summed E-state index contributed by atoms with van der Waals surface area (Å²) in [7, 11) is 1.61. The van der Waals surface area contributed by atoms with E-state index in [-0.39, 0.29) is 31.1 Å². The summed E-state index contributed by atoms with van der Waals surface area (Å²) >= 11 is 1.45. The molecule has 1 aliphatic rings. The molecule has 0 saturated heterocycles. The Morgan fingerprint density at radius 3 is 2.62 bits per heavy atom. The van der Waals surface area contributed by atoms with Gasteiger partial charge in [0, 0.05) is 17.8 Å². The summed E-state index contributed by atoms with van der Waals surface area (Å²) in [5.41, 5.74) is 2.75. The van der Waals surface area contributed by atoms with Crippen molar-refractivity contribution in [2.45, 2.75) is 58.4 Å². The Bertz CT molecular complexity index is 1080. The molecule has 1 aliphatic carbocycles. The first-order chi connectivity index (χ1) is 16.6. The van der Waals surface area contributed by atoms with Crippen molar-refractivity contribution >= 4 is 17.2 Å². The first-order valence-electron chi connectivity index (χ1n) is 11.8. The van der Waals surface area contributed by atoms with Crippen LogP contribution in [0.25, 0.3) is 0 Å². The van der Waals surface area contributed by atoms with Crippen LogP contribution in [-0.4, -0.2) is 28.0 Å². The molecule has 34 heavy (non-hydrogen) atoms. The number of carbonyl (C=O) groups is 1. The second-order valence-corrected chi connectivity index (χ2v) is 9.64. The minimum absolute atomic E-state index is 0.0343. The van der Waals surface area contributed by atoms with Crippen molar-refractivity contribution in [3.8, 4) is 11.5 Å². The van der Waals surface area contributed by atoms with Gasteiger partial charge in [-0.05, 0) is 43.0 Å². The number of carbonyl (C=O) groups excluding carboxylic acids is 1. The molecule has 180 valence electrons. The number of thiazole rings is 1. The van der Waals surface area contributed by atoms with Crippen LogP contribution < -0.4 is 9.47 Å². The van der Waals surface area contributed by atoms with Crippen LogP contribution in [0.5, 0.6) is 11.5 Å². The highest BCUT2D eigenvalue weighted by molar-refractivity contribution is 7.09. The van der Waals surface area contributed by atoms with Gasteiger partial charge in [0.1, 0.15) is 11.6 Å². The molecule has 1 heterocycles. The van der Waals surface area contributed by atoms with Crippen LogP contribution >= 0.6 is 11.3 Å². The van der Waals surface area contributed by atoms with Gasteiger partial charge in [-0.25, -0.2) is 4.98 Å². The maximum Gasteiger partial charge on any atom is 0.226 e. The van der Waals surface area contributed by atoms with E-state index < -0.39 is 0 Å². The van der Waals surface area contributed by atoms with E-state index in [0.29, 0.717) is 23.7 Å². The van der Waals surface area contributed by atoms with Crippen LogP contribution in [0.2, 0.25) is 0 Å². The van der Waals surface area contributed by atoms with E-state index in [9.17, 15) is 9.90 Å². The molecule has 1 fully saturated rings. The molecule has 1 amide bonds. The van der Waals surface area contributed by atoms with Gasteiger partial charge in [-0.3, -0.25) is 4.79 Å². The first-order valence-corrected chi connectivity index (χ1v) is 12.7. The van der Waals surface area contributed by atoms with Crippen molar-refractivity contribution in [2.24, 2.45) is 5.92 Å². The summed E-state index contributed by atoms with van der Waals surface area (Å²) in [5.74, 6) is 1.58. The lowest BCUT2D eigenvalue weighted by molar-refractivity contribution is -0.138. The number of hydrogen-bond donors (Lipinski definition) is 1. The van der Waals surface area contributed by atoms with E-state index >= 15 is 0 Å². The van der Waals surface area contributed by atoms with Crippen LogP contribution in [0.1, 0.15) is 60.5 Å². The number of aliphatic hydroxyl groups excluding tert-OH is 1. The average Bonchev–Trinajstić information content (AvgIpc) is 3.58. The first kappa shape index (κ1) is 24.2. The van der Waals surface area contributed by atoms with E-state index in [4.69, 9.17) is 9.47 Å². The maximum atomic E-state index is 13.6. The van der Waals surface area contributed by atoms with Crippen molar-refractivity contribution in [3.05, 3.63) is 75.7 Å². The largest absolute Gasteiger partial charge is 0.493 e. The maximum absolute atomic E-state index is 13.6. The highest BCUT2D eigenvalue weighted by Crippen LogP contribution is 2.34. The molecule has 4 rings (SSSR count). The summed E-state index contributed by atoms with van der Waals surface area (Å²) in [4.78, 5) is 19.9. The normalized spacial score (nSPS) is 14.7. The van der Waals surface area contributed by atoms with Gasteiger partial charge in [0.25, 0.3) is 0 Å². The molecule has 0 spiro atoms. The average molecular weight is 481 g/mol. The molecule has 1 aromatic heterocycles. The van der Waals surface area contributed by atoms with Gasteiger partial charge >= 0.3 is 0 Å². The van der Waals surface area contributed by atoms with Crippen LogP contribution in [0.4, 0.5) is 0 Å². The molecule has 1 N–H and O–H groups in total. The van der Waals surface area contributed by atoms with Crippen LogP contribution in [-0.2, 0) is 24.6 Å². The zero-order valence-electron chi connectivity index (χ0n) is 19.8. The number of amides is 1. The van der Waals surface area contributed by atoms with Gasteiger partial charge in [0.15, 0.2) is 11.5 Å². The smallest absolute Gasteiger partial charge is 0.226 e. The molecule has 1 unspecified atom stereocenters. The topological polar surface area (TPSA) is 71.9 Å². The number of benzene rings is 2. The van der Waals surface area contributed by atoms with Crippen LogP contribution in [0, 0.1) is 5.92 Å². The van der Waals surface area contributed by atoms with Crippen LogP contribution in [0.15, 0.2) is 53.9 Å². The Kier molecular flexibility index (Phi) is 8.19. The molecule has 0 aliphatic heterocycles. The Morgan fingerprint density at radius 1 is 1.18 bits per heavy atom. The van der Waals surface area contributed by atoms with Gasteiger partial charge in [-0.15, -0.1) is 11.3 Å². The number of hydrogen-bond acceptors (Lipinski definition) is 6. The second-order valence-electron chi connectivity index (χ2n) is 8.70. The van der Waals surface area contributed by atoms with Crippen molar-refractivity contribution in [1.29, 1.82) is 0 Å². The second kappa shape index (κ2) is 11.5. The zero-order valence-corrected chi connectivity index (χ0v) is 20.6. The molecule has 2 aromatic carbocycles. The van der Waals surface area contributed by atoms with E-state index in [1.54, 1.807) is 7.11 Å². The molecule has 0 bridgehead atoms. The number of ether oxygens (including phenoxy) is 2. The molecule has 3 aromatic rings. The van der Waals surface area contributed by atoms with Gasteiger partial charge < -0.3 is 19.5 Å². The fourth-order valence-corrected chi connectivity index (χ4v) is 5.18. The third-order valence-corrected chi connectivity index (χ3v) is 7.30. The van der Waals surface area contributed by atoms with E-state index in [1.165, 1.54) is 11.3 Å². The zero-order chi connectivity index (χ0) is 23.9. The monoisotopic (exact) mass is 480 g/mol. The minimum atomic E-state index is -0.0836. The Hall–Kier alpha value is -2.90. The molecule has 7 heteroatoms. The number of methoxy groups -OCH3 is 1. The lowest BCUT2D eigenvalue weighted by atomic mass is 10.0. The fourth-order valence-electron chi connectivity index (χ4n) is 4.48. The lowest BCUT2D eigenvalue weighted by Crippen LogP contribution is -2.37. The summed E-state index contributed by atoms with van der Waals surface area (Å²) in [6.07, 6.45) is 4.19. The number of aliphatic hydroxyl groups is 1. The highest BCUT2D eigenvalue weighted by Gasteiger charge is 2.30. The fraction of sp³-hybridized carbons (Fsp3) is 0.407. The van der Waals surface area contributed by atoms with E-state index in [1.807, 2.05) is 46.7 Å². The summed E-state index contributed by atoms with van der Waals surface area (Å²) in [5, 5.41) is 11.8. The van der Waals surface area contributed by atoms with E-state index in [2.05, 4.69) is 24.0 Å². The highest BCUT2D eigenvalue weighted by atomic mass is 32.1. The standard InChI is InChI=1S/C27H32N2O4S/c1-19(21-8-4-3-5-9-21)29(27(31)22-10-6-7-11-22)15-20-12-13-24(32-2)25(14-20)33-17-26-28-23(16-30)18-34-26/h3-5,8-9,12-14,18-19,22,30H,6-7,10-11,15-17H2,1-2H3. The quantitative estimate of drug-likeness (QED) is 0.415. The van der Waals surface area contributed by atoms with Gasteiger partial charge in [0.2, 0.25) is 5.91 Å². The predicted molar refractivity (Wildman–Crippen MR) is 133 cm³/mol. The Labute approximate surface area is 205 Å².